The summed E-state index contributed by atoms with van der Waals surface area (Å²) < 4.78 is 5.62. The van der Waals surface area contributed by atoms with E-state index in [4.69, 9.17) is 9.84 Å². The average molecular weight is 154 g/mol. The van der Waals surface area contributed by atoms with Crippen LogP contribution in [0.5, 0.6) is 0 Å². The van der Waals surface area contributed by atoms with Crippen LogP contribution in [0.2, 0.25) is 0 Å². The summed E-state index contributed by atoms with van der Waals surface area (Å²) in [5.41, 5.74) is -0.443. The molecular formula is C8H10O3. The number of carboxylic acids is 1. The molecule has 1 saturated carbocycles. The Hall–Kier alpha value is -0.570. The van der Waals surface area contributed by atoms with Gasteiger partial charge in [0.15, 0.2) is 0 Å². The van der Waals surface area contributed by atoms with Crippen molar-refractivity contribution in [1.29, 1.82) is 0 Å². The summed E-state index contributed by atoms with van der Waals surface area (Å²) in [7, 11) is 0. The van der Waals surface area contributed by atoms with Gasteiger partial charge >= 0.3 is 5.97 Å². The summed E-state index contributed by atoms with van der Waals surface area (Å²) in [6.07, 6.45) is 3.65. The summed E-state index contributed by atoms with van der Waals surface area (Å²) >= 11 is 0. The van der Waals surface area contributed by atoms with E-state index in [1.54, 1.807) is 0 Å². The summed E-state index contributed by atoms with van der Waals surface area (Å²) in [5, 5.41) is 8.95. The van der Waals surface area contributed by atoms with Crippen LogP contribution in [-0.2, 0) is 9.53 Å². The second-order valence-corrected chi connectivity index (χ2v) is 4.14. The molecule has 1 N–H and O–H groups in total. The minimum absolute atomic E-state index is 0.0169. The lowest BCUT2D eigenvalue weighted by Gasteiger charge is -2.45. The molecule has 3 heterocycles. The SMILES string of the molecule is O=C(O)C12CC3(CC[C@H]1O3)C2. The third-order valence-electron chi connectivity index (χ3n) is 3.57. The van der Waals surface area contributed by atoms with Crippen LogP contribution in [0.3, 0.4) is 0 Å². The van der Waals surface area contributed by atoms with Gasteiger partial charge in [0.2, 0.25) is 0 Å². The van der Waals surface area contributed by atoms with E-state index in [-0.39, 0.29) is 11.7 Å². The summed E-state index contributed by atoms with van der Waals surface area (Å²) in [6.45, 7) is 0. The third kappa shape index (κ3) is 0.439. The minimum Gasteiger partial charge on any atom is -0.481 e. The fourth-order valence-corrected chi connectivity index (χ4v) is 3.08. The van der Waals surface area contributed by atoms with Crippen LogP contribution in [0.25, 0.3) is 0 Å². The monoisotopic (exact) mass is 154 g/mol. The maximum atomic E-state index is 10.9. The molecular weight excluding hydrogens is 144 g/mol. The minimum atomic E-state index is -0.643. The van der Waals surface area contributed by atoms with Crippen LogP contribution in [0, 0.1) is 5.41 Å². The summed E-state index contributed by atoms with van der Waals surface area (Å²) in [6, 6.07) is 0. The molecule has 1 aliphatic carbocycles. The predicted molar refractivity (Wildman–Crippen MR) is 36.1 cm³/mol. The molecule has 0 aromatic heterocycles. The molecule has 0 radical (unpaired) electrons. The molecule has 3 aliphatic heterocycles. The maximum Gasteiger partial charge on any atom is 0.312 e. The molecule has 3 bridgehead atoms. The molecule has 60 valence electrons. The van der Waals surface area contributed by atoms with E-state index in [0.29, 0.717) is 0 Å². The van der Waals surface area contributed by atoms with Crippen LogP contribution in [0.4, 0.5) is 0 Å². The van der Waals surface area contributed by atoms with E-state index in [9.17, 15) is 4.79 Å². The van der Waals surface area contributed by atoms with Crippen molar-refractivity contribution in [2.75, 3.05) is 0 Å². The van der Waals surface area contributed by atoms with Crippen molar-refractivity contribution in [2.24, 2.45) is 5.41 Å². The van der Waals surface area contributed by atoms with E-state index < -0.39 is 11.4 Å². The largest absolute Gasteiger partial charge is 0.481 e. The van der Waals surface area contributed by atoms with E-state index in [1.165, 1.54) is 0 Å². The standard InChI is InChI=1S/C8H10O3/c9-6(10)8-3-7(4-8)2-1-5(8)11-7/h5H,1-4H2,(H,9,10)/t5-,7?,8?/m1/s1. The molecule has 3 heteroatoms. The van der Waals surface area contributed by atoms with Crippen LogP contribution in [-0.4, -0.2) is 22.8 Å². The number of carbonyl (C=O) groups is 1. The number of hydrogen-bond acceptors (Lipinski definition) is 2. The first kappa shape index (κ1) is 6.00. The molecule has 1 spiro atoms. The molecule has 4 aliphatic rings. The first-order valence-corrected chi connectivity index (χ1v) is 4.08. The first-order valence-electron chi connectivity index (χ1n) is 4.08. The Bertz CT molecular complexity index is 240. The van der Waals surface area contributed by atoms with Gasteiger partial charge in [-0.2, -0.15) is 0 Å². The zero-order valence-corrected chi connectivity index (χ0v) is 6.17. The van der Waals surface area contributed by atoms with Gasteiger partial charge in [0, 0.05) is 0 Å². The van der Waals surface area contributed by atoms with Gasteiger partial charge in [0.05, 0.1) is 17.1 Å². The number of carboxylic acid groups (broad SMARTS) is 1. The Morgan fingerprint density at radius 2 is 2.27 bits per heavy atom. The predicted octanol–water partition coefficient (Wildman–Crippen LogP) is 0.783. The molecule has 0 aromatic carbocycles. The van der Waals surface area contributed by atoms with Crippen LogP contribution in [0.15, 0.2) is 0 Å². The molecule has 0 amide bonds. The fourth-order valence-electron chi connectivity index (χ4n) is 3.08. The Morgan fingerprint density at radius 1 is 1.55 bits per heavy atom. The van der Waals surface area contributed by atoms with Gasteiger partial charge in [0.1, 0.15) is 0 Å². The maximum absolute atomic E-state index is 10.9. The topological polar surface area (TPSA) is 46.5 Å². The second-order valence-electron chi connectivity index (χ2n) is 4.14. The molecule has 3 saturated heterocycles. The van der Waals surface area contributed by atoms with Gasteiger partial charge in [-0.25, -0.2) is 0 Å². The van der Waals surface area contributed by atoms with Gasteiger partial charge in [-0.05, 0) is 25.7 Å². The van der Waals surface area contributed by atoms with Gasteiger partial charge in [-0.1, -0.05) is 0 Å². The average Bonchev–Trinajstić information content (AvgIpc) is 2.44. The van der Waals surface area contributed by atoms with E-state index in [2.05, 4.69) is 0 Å². The van der Waals surface area contributed by atoms with E-state index in [0.717, 1.165) is 25.7 Å². The van der Waals surface area contributed by atoms with Crippen molar-refractivity contribution in [3.8, 4) is 0 Å². The van der Waals surface area contributed by atoms with Crippen molar-refractivity contribution in [1.82, 2.24) is 0 Å². The highest BCUT2D eigenvalue weighted by atomic mass is 16.5. The fraction of sp³-hybridized carbons (Fsp3) is 0.875. The highest BCUT2D eigenvalue weighted by molar-refractivity contribution is 5.79. The number of hydrogen-bond donors (Lipinski definition) is 1. The highest BCUT2D eigenvalue weighted by Crippen LogP contribution is 2.69. The van der Waals surface area contributed by atoms with Crippen molar-refractivity contribution in [3.63, 3.8) is 0 Å². The zero-order chi connectivity index (χ0) is 7.69. The Balaban J connectivity index is 2.02. The highest BCUT2D eigenvalue weighted by Gasteiger charge is 2.74. The summed E-state index contributed by atoms with van der Waals surface area (Å²) in [4.78, 5) is 10.9. The molecule has 11 heavy (non-hydrogen) atoms. The van der Waals surface area contributed by atoms with Crippen molar-refractivity contribution < 1.29 is 14.6 Å². The lowest BCUT2D eigenvalue weighted by atomic mass is 9.54. The summed E-state index contributed by atoms with van der Waals surface area (Å²) in [5.74, 6) is -0.643. The molecule has 0 unspecified atom stereocenters. The van der Waals surface area contributed by atoms with E-state index >= 15 is 0 Å². The number of ether oxygens (including phenoxy) is 1. The van der Waals surface area contributed by atoms with Gasteiger partial charge in [0.25, 0.3) is 0 Å². The zero-order valence-electron chi connectivity index (χ0n) is 6.17. The van der Waals surface area contributed by atoms with E-state index in [1.807, 2.05) is 0 Å². The quantitative estimate of drug-likeness (QED) is 0.607. The normalized spacial score (nSPS) is 57.6. The third-order valence-corrected chi connectivity index (χ3v) is 3.57. The molecule has 4 rings (SSSR count). The van der Waals surface area contributed by atoms with Crippen molar-refractivity contribution >= 4 is 5.97 Å². The van der Waals surface area contributed by atoms with Crippen LogP contribution >= 0.6 is 0 Å². The Kier molecular flexibility index (Phi) is 0.727. The number of rotatable bonds is 1. The molecule has 0 aromatic rings. The van der Waals surface area contributed by atoms with Crippen LogP contribution < -0.4 is 0 Å². The van der Waals surface area contributed by atoms with Crippen molar-refractivity contribution in [3.05, 3.63) is 0 Å². The first-order chi connectivity index (χ1) is 5.17. The molecule has 1 atom stereocenters. The Morgan fingerprint density at radius 3 is 2.55 bits per heavy atom. The molecule has 4 fully saturated rings. The van der Waals surface area contributed by atoms with Crippen LogP contribution in [0.1, 0.15) is 25.7 Å². The van der Waals surface area contributed by atoms with Gasteiger partial charge in [-0.3, -0.25) is 4.79 Å². The lowest BCUT2D eigenvalue weighted by molar-refractivity contribution is -0.157. The van der Waals surface area contributed by atoms with Gasteiger partial charge in [-0.15, -0.1) is 0 Å². The second kappa shape index (κ2) is 1.33. The molecule has 3 nitrogen and oxygen atoms in total. The van der Waals surface area contributed by atoms with Gasteiger partial charge < -0.3 is 9.84 Å². The Labute approximate surface area is 64.3 Å². The number of aliphatic carboxylic acids is 1. The van der Waals surface area contributed by atoms with Crippen molar-refractivity contribution in [2.45, 2.75) is 37.4 Å². The lowest BCUT2D eigenvalue weighted by Crippen LogP contribution is -2.53. The smallest absolute Gasteiger partial charge is 0.312 e.